The summed E-state index contributed by atoms with van der Waals surface area (Å²) < 4.78 is 13.9. The predicted octanol–water partition coefficient (Wildman–Crippen LogP) is 3.10. The molecule has 4 aromatic rings. The van der Waals surface area contributed by atoms with Crippen molar-refractivity contribution >= 4 is 22.6 Å². The minimum Gasteiger partial charge on any atom is -0.495 e. The van der Waals surface area contributed by atoms with E-state index in [1.165, 1.54) is 0 Å². The van der Waals surface area contributed by atoms with E-state index in [1.807, 2.05) is 61.2 Å². The number of hydrogen-bond acceptors (Lipinski definition) is 7. The Kier molecular flexibility index (Phi) is 6.26. The topological polar surface area (TPSA) is 98.6 Å². The van der Waals surface area contributed by atoms with E-state index in [-0.39, 0.29) is 24.2 Å². The summed E-state index contributed by atoms with van der Waals surface area (Å²) in [4.78, 5) is 35.1. The van der Waals surface area contributed by atoms with Gasteiger partial charge in [-0.05, 0) is 44.2 Å². The number of para-hydroxylation sites is 2. The van der Waals surface area contributed by atoms with Crippen LogP contribution in [0.3, 0.4) is 0 Å². The van der Waals surface area contributed by atoms with Gasteiger partial charge in [-0.3, -0.25) is 13.9 Å². The zero-order valence-corrected chi connectivity index (χ0v) is 21.0. The van der Waals surface area contributed by atoms with Crippen molar-refractivity contribution in [3.8, 4) is 17.1 Å². The second-order valence-electron chi connectivity index (χ2n) is 9.21. The summed E-state index contributed by atoms with van der Waals surface area (Å²) in [5, 5.41) is 4.00. The molecule has 0 unspecified atom stereocenters. The highest BCUT2D eigenvalue weighted by molar-refractivity contribution is 5.84. The lowest BCUT2D eigenvalue weighted by atomic mass is 10.2. The number of hydrogen-bond donors (Lipinski definition) is 0. The maximum Gasteiger partial charge on any atom is 0.329 e. The molecule has 3 heterocycles. The van der Waals surface area contributed by atoms with Crippen molar-refractivity contribution in [3.63, 3.8) is 0 Å². The summed E-state index contributed by atoms with van der Waals surface area (Å²) in [5.41, 5.74) is 2.99. The van der Waals surface area contributed by atoms with Crippen molar-refractivity contribution in [2.24, 2.45) is 0 Å². The number of methoxy groups -OCH3 is 1. The van der Waals surface area contributed by atoms with Gasteiger partial charge in [-0.2, -0.15) is 4.98 Å². The summed E-state index contributed by atoms with van der Waals surface area (Å²) in [5.74, 6) is 1.65. The van der Waals surface area contributed by atoms with Crippen LogP contribution in [0.15, 0.2) is 51.8 Å². The number of benzene rings is 2. The van der Waals surface area contributed by atoms with E-state index in [2.05, 4.69) is 15.0 Å². The smallest absolute Gasteiger partial charge is 0.329 e. The van der Waals surface area contributed by atoms with Crippen molar-refractivity contribution < 1.29 is 14.1 Å². The highest BCUT2D eigenvalue weighted by atomic mass is 16.5. The lowest BCUT2D eigenvalue weighted by Crippen LogP contribution is -2.50. The van der Waals surface area contributed by atoms with E-state index >= 15 is 0 Å². The molecule has 1 aliphatic heterocycles. The minimum absolute atomic E-state index is 0.0293. The summed E-state index contributed by atoms with van der Waals surface area (Å²) in [6, 6.07) is 13.4. The molecule has 1 saturated heterocycles. The Labute approximate surface area is 208 Å². The Morgan fingerprint density at radius 1 is 1.08 bits per heavy atom. The van der Waals surface area contributed by atoms with Gasteiger partial charge in [-0.1, -0.05) is 17.3 Å². The summed E-state index contributed by atoms with van der Waals surface area (Å²) in [6.45, 7) is 8.14. The molecule has 1 amide bonds. The number of rotatable bonds is 6. The van der Waals surface area contributed by atoms with Gasteiger partial charge in [0.15, 0.2) is 0 Å². The molecule has 1 fully saturated rings. The standard InChI is InChI=1S/C26H30N6O4/c1-17(2)32-20-10-9-19(25-27-18(3)36-28-25)15-22(20)31(26(32)34)16-24(33)30-13-11-29(12-14-30)21-7-5-6-8-23(21)35-4/h5-10,15,17H,11-14,16H2,1-4H3. The molecular formula is C26H30N6O4. The molecule has 2 aromatic heterocycles. The zero-order valence-electron chi connectivity index (χ0n) is 21.0. The lowest BCUT2D eigenvalue weighted by molar-refractivity contribution is -0.132. The van der Waals surface area contributed by atoms with Crippen LogP contribution in [0.4, 0.5) is 5.69 Å². The third kappa shape index (κ3) is 4.23. The Morgan fingerprint density at radius 2 is 1.83 bits per heavy atom. The Balaban J connectivity index is 1.40. The molecule has 0 bridgehead atoms. The van der Waals surface area contributed by atoms with E-state index in [0.29, 0.717) is 43.4 Å². The normalized spacial score (nSPS) is 14.1. The fourth-order valence-corrected chi connectivity index (χ4v) is 4.81. The average Bonchev–Trinajstić information content (AvgIpc) is 3.44. The van der Waals surface area contributed by atoms with Crippen LogP contribution in [-0.4, -0.2) is 63.4 Å². The van der Waals surface area contributed by atoms with E-state index in [9.17, 15) is 9.59 Å². The number of aromatic nitrogens is 4. The molecule has 0 N–H and O–H groups in total. The fraction of sp³-hybridized carbons (Fsp3) is 0.385. The number of anilines is 1. The Morgan fingerprint density at radius 3 is 2.50 bits per heavy atom. The monoisotopic (exact) mass is 490 g/mol. The van der Waals surface area contributed by atoms with Gasteiger partial charge in [0, 0.05) is 44.7 Å². The summed E-state index contributed by atoms with van der Waals surface area (Å²) in [7, 11) is 1.66. The molecule has 188 valence electrons. The number of aryl methyl sites for hydroxylation is 1. The third-order valence-electron chi connectivity index (χ3n) is 6.62. The number of ether oxygens (including phenoxy) is 1. The Bertz CT molecular complexity index is 1460. The summed E-state index contributed by atoms with van der Waals surface area (Å²) >= 11 is 0. The molecule has 0 spiro atoms. The zero-order chi connectivity index (χ0) is 25.4. The van der Waals surface area contributed by atoms with Gasteiger partial charge in [-0.15, -0.1) is 0 Å². The first-order chi connectivity index (χ1) is 17.4. The average molecular weight is 491 g/mol. The molecule has 0 aliphatic carbocycles. The SMILES string of the molecule is COc1ccccc1N1CCN(C(=O)Cn2c(=O)n(C(C)C)c3ccc(-c4noc(C)n4)cc32)CC1. The van der Waals surface area contributed by atoms with Gasteiger partial charge < -0.3 is 19.1 Å². The number of carbonyl (C=O) groups is 1. The number of fused-ring (bicyclic) bond motifs is 1. The van der Waals surface area contributed by atoms with Crippen molar-refractivity contribution in [2.75, 3.05) is 38.2 Å². The second-order valence-corrected chi connectivity index (χ2v) is 9.21. The number of imidazole rings is 1. The molecule has 10 heteroatoms. The van der Waals surface area contributed by atoms with Gasteiger partial charge in [0.2, 0.25) is 17.6 Å². The molecule has 0 atom stereocenters. The number of carbonyl (C=O) groups excluding carboxylic acids is 1. The van der Waals surface area contributed by atoms with Crippen LogP contribution < -0.4 is 15.3 Å². The van der Waals surface area contributed by atoms with Gasteiger partial charge in [-0.25, -0.2) is 4.79 Å². The molecule has 0 radical (unpaired) electrons. The Hall–Kier alpha value is -4.08. The minimum atomic E-state index is -0.206. The van der Waals surface area contributed by atoms with E-state index < -0.39 is 0 Å². The number of amides is 1. The number of piperazine rings is 1. The third-order valence-corrected chi connectivity index (χ3v) is 6.62. The van der Waals surface area contributed by atoms with E-state index in [0.717, 1.165) is 22.5 Å². The van der Waals surface area contributed by atoms with Crippen LogP contribution in [0.2, 0.25) is 0 Å². The highest BCUT2D eigenvalue weighted by Gasteiger charge is 2.25. The quantitative estimate of drug-likeness (QED) is 0.410. The fourth-order valence-electron chi connectivity index (χ4n) is 4.81. The van der Waals surface area contributed by atoms with Crippen LogP contribution in [0, 0.1) is 6.92 Å². The van der Waals surface area contributed by atoms with E-state index in [1.54, 1.807) is 23.2 Å². The van der Waals surface area contributed by atoms with Crippen molar-refractivity contribution in [1.82, 2.24) is 24.2 Å². The summed E-state index contributed by atoms with van der Waals surface area (Å²) in [6.07, 6.45) is 0. The highest BCUT2D eigenvalue weighted by Crippen LogP contribution is 2.28. The maximum absolute atomic E-state index is 13.4. The van der Waals surface area contributed by atoms with Crippen molar-refractivity contribution in [2.45, 2.75) is 33.4 Å². The molecular weight excluding hydrogens is 460 g/mol. The van der Waals surface area contributed by atoms with E-state index in [4.69, 9.17) is 9.26 Å². The van der Waals surface area contributed by atoms with Crippen LogP contribution in [0.1, 0.15) is 25.8 Å². The van der Waals surface area contributed by atoms with Crippen LogP contribution in [-0.2, 0) is 11.3 Å². The van der Waals surface area contributed by atoms with Gasteiger partial charge >= 0.3 is 5.69 Å². The molecule has 36 heavy (non-hydrogen) atoms. The predicted molar refractivity (Wildman–Crippen MR) is 136 cm³/mol. The molecule has 1 aliphatic rings. The maximum atomic E-state index is 13.4. The molecule has 5 rings (SSSR count). The van der Waals surface area contributed by atoms with Gasteiger partial charge in [0.25, 0.3) is 0 Å². The van der Waals surface area contributed by atoms with Crippen LogP contribution >= 0.6 is 0 Å². The second kappa shape index (κ2) is 9.52. The van der Waals surface area contributed by atoms with Crippen molar-refractivity contribution in [3.05, 3.63) is 58.8 Å². The lowest BCUT2D eigenvalue weighted by Gasteiger charge is -2.36. The van der Waals surface area contributed by atoms with Crippen molar-refractivity contribution in [1.29, 1.82) is 0 Å². The first kappa shape index (κ1) is 23.7. The number of nitrogens with zero attached hydrogens (tertiary/aromatic N) is 6. The first-order valence-corrected chi connectivity index (χ1v) is 12.1. The first-order valence-electron chi connectivity index (χ1n) is 12.1. The molecule has 0 saturated carbocycles. The molecule has 2 aromatic carbocycles. The van der Waals surface area contributed by atoms with Gasteiger partial charge in [0.1, 0.15) is 12.3 Å². The molecule has 10 nitrogen and oxygen atoms in total. The largest absolute Gasteiger partial charge is 0.495 e. The van der Waals surface area contributed by atoms with Gasteiger partial charge in [0.05, 0.1) is 23.8 Å². The van der Waals surface area contributed by atoms with Crippen LogP contribution in [0.5, 0.6) is 5.75 Å². The van der Waals surface area contributed by atoms with Crippen LogP contribution in [0.25, 0.3) is 22.4 Å².